The molecule has 0 aliphatic heterocycles. The summed E-state index contributed by atoms with van der Waals surface area (Å²) in [7, 11) is 0. The first-order valence-electron chi connectivity index (χ1n) is 6.99. The van der Waals surface area contributed by atoms with Crippen LogP contribution in [0.25, 0.3) is 10.8 Å². The summed E-state index contributed by atoms with van der Waals surface area (Å²) < 4.78 is 5.63. The smallest absolute Gasteiger partial charge is 0.264 e. The Morgan fingerprint density at radius 3 is 2.82 bits per heavy atom. The van der Waals surface area contributed by atoms with Crippen LogP contribution in [0, 0.1) is 0 Å². The number of aryl methyl sites for hydroxylation is 1. The predicted molar refractivity (Wildman–Crippen MR) is 87.4 cm³/mol. The fourth-order valence-electron chi connectivity index (χ4n) is 2.07. The number of hydrogen-bond donors (Lipinski definition) is 1. The standard InChI is InChI=1S/C16H15N3O2S/c1-2-15-18-19-16(22-15)17-14(20)10-21-13-9-5-7-11-6-3-4-8-12(11)13/h3-9H,2,10H2,1H3,(H,17,19,20). The topological polar surface area (TPSA) is 64.1 Å². The van der Waals surface area contributed by atoms with Crippen molar-refractivity contribution in [1.29, 1.82) is 0 Å². The zero-order chi connectivity index (χ0) is 15.4. The van der Waals surface area contributed by atoms with Gasteiger partial charge in [-0.2, -0.15) is 0 Å². The Kier molecular flexibility index (Phi) is 4.29. The molecule has 0 saturated carbocycles. The van der Waals surface area contributed by atoms with Gasteiger partial charge in [-0.1, -0.05) is 54.7 Å². The summed E-state index contributed by atoms with van der Waals surface area (Å²) in [6, 6.07) is 13.7. The quantitative estimate of drug-likeness (QED) is 0.785. The first-order chi connectivity index (χ1) is 10.8. The summed E-state index contributed by atoms with van der Waals surface area (Å²) >= 11 is 1.38. The molecule has 0 unspecified atom stereocenters. The maximum absolute atomic E-state index is 11.9. The third kappa shape index (κ3) is 3.23. The molecular formula is C16H15N3O2S. The maximum Gasteiger partial charge on any atom is 0.264 e. The highest BCUT2D eigenvalue weighted by molar-refractivity contribution is 7.15. The average Bonchev–Trinajstić information content (AvgIpc) is 3.00. The van der Waals surface area contributed by atoms with E-state index in [1.807, 2.05) is 49.4 Å². The Morgan fingerprint density at radius 2 is 2.00 bits per heavy atom. The minimum Gasteiger partial charge on any atom is -0.483 e. The van der Waals surface area contributed by atoms with Gasteiger partial charge >= 0.3 is 0 Å². The van der Waals surface area contributed by atoms with Crippen LogP contribution in [0.3, 0.4) is 0 Å². The fraction of sp³-hybridized carbons (Fsp3) is 0.188. The van der Waals surface area contributed by atoms with Crippen molar-refractivity contribution in [3.05, 3.63) is 47.5 Å². The van der Waals surface area contributed by atoms with E-state index in [1.165, 1.54) is 11.3 Å². The van der Waals surface area contributed by atoms with Crippen molar-refractivity contribution in [2.75, 3.05) is 11.9 Å². The number of rotatable bonds is 5. The van der Waals surface area contributed by atoms with E-state index in [0.717, 1.165) is 22.2 Å². The lowest BCUT2D eigenvalue weighted by Gasteiger charge is -2.08. The minimum atomic E-state index is -0.244. The molecule has 0 spiro atoms. The predicted octanol–water partition coefficient (Wildman–Crippen LogP) is 3.27. The summed E-state index contributed by atoms with van der Waals surface area (Å²) in [5, 5.41) is 14.0. The second kappa shape index (κ2) is 6.53. The number of fused-ring (bicyclic) bond motifs is 1. The highest BCUT2D eigenvalue weighted by atomic mass is 32.1. The molecule has 1 amide bonds. The molecule has 0 fully saturated rings. The molecule has 1 heterocycles. The van der Waals surface area contributed by atoms with Crippen molar-refractivity contribution >= 4 is 33.1 Å². The molecule has 0 atom stereocenters. The lowest BCUT2D eigenvalue weighted by atomic mass is 10.1. The number of benzene rings is 2. The summed E-state index contributed by atoms with van der Waals surface area (Å²) in [4.78, 5) is 11.9. The highest BCUT2D eigenvalue weighted by Crippen LogP contribution is 2.25. The van der Waals surface area contributed by atoms with E-state index < -0.39 is 0 Å². The van der Waals surface area contributed by atoms with E-state index in [0.29, 0.717) is 10.9 Å². The first-order valence-corrected chi connectivity index (χ1v) is 7.80. The van der Waals surface area contributed by atoms with Crippen LogP contribution in [-0.4, -0.2) is 22.7 Å². The number of amides is 1. The Bertz CT molecular complexity index is 795. The minimum absolute atomic E-state index is 0.0605. The normalized spacial score (nSPS) is 10.6. The Labute approximate surface area is 132 Å². The SMILES string of the molecule is CCc1nnc(NC(=O)COc2cccc3ccccc23)s1. The molecule has 0 saturated heterocycles. The van der Waals surface area contributed by atoms with Crippen molar-refractivity contribution < 1.29 is 9.53 Å². The Morgan fingerprint density at radius 1 is 1.18 bits per heavy atom. The van der Waals surface area contributed by atoms with Crippen LogP contribution in [0.1, 0.15) is 11.9 Å². The van der Waals surface area contributed by atoms with Gasteiger partial charge < -0.3 is 4.74 Å². The highest BCUT2D eigenvalue weighted by Gasteiger charge is 2.09. The Hall–Kier alpha value is -2.47. The summed E-state index contributed by atoms with van der Waals surface area (Å²) in [5.74, 6) is 0.450. The molecule has 3 aromatic rings. The van der Waals surface area contributed by atoms with E-state index in [9.17, 15) is 4.79 Å². The zero-order valence-electron chi connectivity index (χ0n) is 12.1. The number of carbonyl (C=O) groups excluding carboxylic acids is 1. The van der Waals surface area contributed by atoms with E-state index in [-0.39, 0.29) is 12.5 Å². The molecule has 1 aromatic heterocycles. The lowest BCUT2D eigenvalue weighted by Crippen LogP contribution is -2.20. The number of hydrogen-bond acceptors (Lipinski definition) is 5. The van der Waals surface area contributed by atoms with Gasteiger partial charge in [0, 0.05) is 5.39 Å². The first kappa shape index (κ1) is 14.5. The van der Waals surface area contributed by atoms with Gasteiger partial charge in [0.05, 0.1) is 0 Å². The molecule has 0 aliphatic carbocycles. The molecule has 1 N–H and O–H groups in total. The molecule has 3 rings (SSSR count). The van der Waals surface area contributed by atoms with Crippen LogP contribution in [0.2, 0.25) is 0 Å². The van der Waals surface area contributed by atoms with E-state index in [4.69, 9.17) is 4.74 Å². The van der Waals surface area contributed by atoms with Gasteiger partial charge in [0.25, 0.3) is 5.91 Å². The zero-order valence-corrected chi connectivity index (χ0v) is 12.9. The molecule has 0 bridgehead atoms. The van der Waals surface area contributed by atoms with Crippen LogP contribution in [0.5, 0.6) is 5.75 Å². The fourth-order valence-corrected chi connectivity index (χ4v) is 2.76. The average molecular weight is 313 g/mol. The lowest BCUT2D eigenvalue weighted by molar-refractivity contribution is -0.118. The van der Waals surface area contributed by atoms with Crippen LogP contribution in [-0.2, 0) is 11.2 Å². The van der Waals surface area contributed by atoms with Crippen molar-refractivity contribution in [3.8, 4) is 5.75 Å². The number of aromatic nitrogens is 2. The van der Waals surface area contributed by atoms with Crippen molar-refractivity contribution in [2.45, 2.75) is 13.3 Å². The summed E-state index contributed by atoms with van der Waals surface area (Å²) in [5.41, 5.74) is 0. The van der Waals surface area contributed by atoms with Gasteiger partial charge in [0.2, 0.25) is 5.13 Å². The van der Waals surface area contributed by atoms with E-state index in [1.54, 1.807) is 0 Å². The molecule has 0 aliphatic rings. The molecule has 6 heteroatoms. The van der Waals surface area contributed by atoms with Gasteiger partial charge in [-0.05, 0) is 17.9 Å². The second-order valence-corrected chi connectivity index (χ2v) is 5.73. The van der Waals surface area contributed by atoms with Gasteiger partial charge in [0.1, 0.15) is 10.8 Å². The molecular weight excluding hydrogens is 298 g/mol. The third-order valence-electron chi connectivity index (χ3n) is 3.12. The van der Waals surface area contributed by atoms with Crippen LogP contribution in [0.15, 0.2) is 42.5 Å². The van der Waals surface area contributed by atoms with Gasteiger partial charge in [-0.3, -0.25) is 10.1 Å². The van der Waals surface area contributed by atoms with Crippen LogP contribution in [0.4, 0.5) is 5.13 Å². The number of carbonyl (C=O) groups is 1. The van der Waals surface area contributed by atoms with Crippen molar-refractivity contribution in [2.24, 2.45) is 0 Å². The Balaban J connectivity index is 1.65. The van der Waals surface area contributed by atoms with Gasteiger partial charge in [0.15, 0.2) is 6.61 Å². The van der Waals surface area contributed by atoms with E-state index in [2.05, 4.69) is 15.5 Å². The molecule has 0 radical (unpaired) electrons. The van der Waals surface area contributed by atoms with Crippen molar-refractivity contribution in [3.63, 3.8) is 0 Å². The largest absolute Gasteiger partial charge is 0.483 e. The van der Waals surface area contributed by atoms with E-state index >= 15 is 0 Å². The maximum atomic E-state index is 11.9. The van der Waals surface area contributed by atoms with Gasteiger partial charge in [-0.15, -0.1) is 10.2 Å². The third-order valence-corrected chi connectivity index (χ3v) is 4.11. The molecule has 112 valence electrons. The van der Waals surface area contributed by atoms with Gasteiger partial charge in [-0.25, -0.2) is 0 Å². The molecule has 5 nitrogen and oxygen atoms in total. The van der Waals surface area contributed by atoms with Crippen LogP contribution >= 0.6 is 11.3 Å². The number of anilines is 1. The monoisotopic (exact) mass is 313 g/mol. The van der Waals surface area contributed by atoms with Crippen molar-refractivity contribution in [1.82, 2.24) is 10.2 Å². The molecule has 22 heavy (non-hydrogen) atoms. The second-order valence-electron chi connectivity index (χ2n) is 4.67. The molecule has 2 aromatic carbocycles. The van der Waals surface area contributed by atoms with Crippen LogP contribution < -0.4 is 10.1 Å². The summed E-state index contributed by atoms with van der Waals surface area (Å²) in [6.07, 6.45) is 0.806. The number of nitrogens with one attached hydrogen (secondary N) is 1. The summed E-state index contributed by atoms with van der Waals surface area (Å²) in [6.45, 7) is 1.94. The number of ether oxygens (including phenoxy) is 1. The number of nitrogens with zero attached hydrogens (tertiary/aromatic N) is 2.